The van der Waals surface area contributed by atoms with Crippen molar-refractivity contribution >= 4 is 43.3 Å². The van der Waals surface area contributed by atoms with Crippen molar-refractivity contribution in [1.29, 1.82) is 0 Å². The van der Waals surface area contributed by atoms with Gasteiger partial charge in [0.1, 0.15) is 25.9 Å². The van der Waals surface area contributed by atoms with E-state index in [1.807, 2.05) is 0 Å². The number of amides is 1. The largest absolute Gasteiger partial charge is 1.00 e. The monoisotopic (exact) mass is 509 g/mol. The first-order valence-corrected chi connectivity index (χ1v) is 11.3. The fourth-order valence-electron chi connectivity index (χ4n) is 2.93. The predicted molar refractivity (Wildman–Crippen MR) is 104 cm³/mol. The molecule has 0 fully saturated rings. The van der Waals surface area contributed by atoms with E-state index in [-0.39, 0.29) is 81.6 Å². The summed E-state index contributed by atoms with van der Waals surface area (Å²) in [4.78, 5) is 22.9. The van der Waals surface area contributed by atoms with Crippen molar-refractivity contribution in [1.82, 2.24) is 0 Å². The normalized spacial score (nSPS) is 13.7. The summed E-state index contributed by atoms with van der Waals surface area (Å²) >= 11 is 0. The number of nitrogens with zero attached hydrogens (tertiary/aromatic N) is 2. The SMILES string of the molecule is CC(=O)Nc1cc(S(=O)(=O)[O-])cc2c1C(=O)C(N=Nc1ccccc1)=C(S(=O)(=O)[O-])C2.[Na+].[Na+]. The molecule has 0 aliphatic heterocycles. The number of benzene rings is 2. The molecule has 0 spiro atoms. The first-order valence-electron chi connectivity index (χ1n) is 8.49. The van der Waals surface area contributed by atoms with Crippen LogP contribution in [0.25, 0.3) is 0 Å². The molecule has 2 aromatic rings. The topological polar surface area (TPSA) is 185 Å². The number of carbonyl (C=O) groups excluding carboxylic acids is 2. The second-order valence-corrected chi connectivity index (χ2v) is 9.19. The summed E-state index contributed by atoms with van der Waals surface area (Å²) in [5.74, 6) is -1.76. The van der Waals surface area contributed by atoms with Gasteiger partial charge in [0, 0.05) is 13.3 Å². The number of ketones is 1. The van der Waals surface area contributed by atoms with E-state index in [9.17, 15) is 35.5 Å². The molecular weight excluding hydrogens is 496 g/mol. The molecule has 0 heterocycles. The molecule has 2 aromatic carbocycles. The average Bonchev–Trinajstić information content (AvgIpc) is 2.65. The predicted octanol–water partition coefficient (Wildman–Crippen LogP) is -4.16. The maximum absolute atomic E-state index is 13.1. The van der Waals surface area contributed by atoms with Gasteiger partial charge in [-0.2, -0.15) is 5.11 Å². The first-order chi connectivity index (χ1) is 14.4. The molecule has 0 saturated heterocycles. The van der Waals surface area contributed by atoms with E-state index < -0.39 is 53.8 Å². The van der Waals surface area contributed by atoms with Crippen LogP contribution in [0.5, 0.6) is 0 Å². The number of fused-ring (bicyclic) bond motifs is 1. The smallest absolute Gasteiger partial charge is 0.744 e. The average molecular weight is 509 g/mol. The minimum Gasteiger partial charge on any atom is -0.744 e. The van der Waals surface area contributed by atoms with Crippen molar-refractivity contribution in [2.75, 3.05) is 5.32 Å². The Hall–Kier alpha value is -1.26. The van der Waals surface area contributed by atoms with E-state index in [2.05, 4.69) is 15.5 Å². The molecule has 11 nitrogen and oxygen atoms in total. The van der Waals surface area contributed by atoms with Gasteiger partial charge in [-0.1, -0.05) is 18.2 Å². The molecule has 0 atom stereocenters. The van der Waals surface area contributed by atoms with E-state index >= 15 is 0 Å². The van der Waals surface area contributed by atoms with Gasteiger partial charge in [-0.15, -0.1) is 5.11 Å². The summed E-state index contributed by atoms with van der Waals surface area (Å²) in [7, 11) is -10.2. The van der Waals surface area contributed by atoms with Crippen LogP contribution in [0, 0.1) is 0 Å². The van der Waals surface area contributed by atoms with Gasteiger partial charge in [-0.25, -0.2) is 16.8 Å². The summed E-state index contributed by atoms with van der Waals surface area (Å²) in [5.41, 5.74) is -1.36. The van der Waals surface area contributed by atoms with Gasteiger partial charge in [0.2, 0.25) is 11.7 Å². The van der Waals surface area contributed by atoms with Gasteiger partial charge < -0.3 is 14.4 Å². The van der Waals surface area contributed by atoms with Gasteiger partial charge in [0.05, 0.1) is 26.7 Å². The summed E-state index contributed by atoms with van der Waals surface area (Å²) in [6.45, 7) is 1.08. The molecule has 0 bridgehead atoms. The molecule has 1 N–H and O–H groups in total. The Morgan fingerprint density at radius 3 is 2.09 bits per heavy atom. The maximum Gasteiger partial charge on any atom is 1.00 e. The fourth-order valence-corrected chi connectivity index (χ4v) is 4.18. The molecular formula is C18H13N3Na2O8S2. The number of rotatable bonds is 5. The summed E-state index contributed by atoms with van der Waals surface area (Å²) in [6.07, 6.45) is -0.716. The van der Waals surface area contributed by atoms with Crippen molar-refractivity contribution in [3.05, 3.63) is 64.2 Å². The van der Waals surface area contributed by atoms with E-state index in [4.69, 9.17) is 0 Å². The van der Waals surface area contributed by atoms with Gasteiger partial charge in [-0.3, -0.25) is 9.59 Å². The third-order valence-electron chi connectivity index (χ3n) is 4.17. The van der Waals surface area contributed by atoms with E-state index in [1.165, 1.54) is 12.1 Å². The number of hydrogen-bond acceptors (Lipinski definition) is 10. The van der Waals surface area contributed by atoms with E-state index in [1.54, 1.807) is 18.2 Å². The van der Waals surface area contributed by atoms with E-state index in [0.29, 0.717) is 0 Å². The van der Waals surface area contributed by atoms with Gasteiger partial charge >= 0.3 is 59.1 Å². The van der Waals surface area contributed by atoms with Crippen LogP contribution < -0.4 is 64.4 Å². The molecule has 3 rings (SSSR count). The zero-order valence-corrected chi connectivity index (χ0v) is 23.4. The van der Waals surface area contributed by atoms with Crippen LogP contribution in [-0.4, -0.2) is 37.6 Å². The van der Waals surface area contributed by atoms with Crippen LogP contribution in [0.3, 0.4) is 0 Å². The van der Waals surface area contributed by atoms with Crippen LogP contribution in [-0.2, 0) is 31.5 Å². The van der Waals surface area contributed by atoms with Crippen molar-refractivity contribution in [2.24, 2.45) is 10.2 Å². The molecule has 0 unspecified atom stereocenters. The molecule has 1 amide bonds. The van der Waals surface area contributed by atoms with Crippen LogP contribution in [0.15, 0.2) is 68.2 Å². The molecule has 0 radical (unpaired) electrons. The molecule has 0 saturated carbocycles. The second-order valence-electron chi connectivity index (χ2n) is 6.41. The number of Topliss-reactive ketones (excluding diaryl/α,β-unsaturated/α-hetero) is 1. The Morgan fingerprint density at radius 2 is 1.58 bits per heavy atom. The standard InChI is InChI=1S/C18H15N3O8S2.2Na/c1-10(22)19-14-9-13(30(24,25)26)7-11-8-15(31(27,28)29)17(18(23)16(11)14)21-20-12-5-3-2-4-6-12;;/h2-7,9H,8H2,1H3,(H,19,22)(H,24,25,26)(H,27,28,29);;/q;2*+1/p-2. The van der Waals surface area contributed by atoms with Crippen molar-refractivity contribution in [2.45, 2.75) is 18.2 Å². The van der Waals surface area contributed by atoms with Crippen molar-refractivity contribution < 1.29 is 94.6 Å². The summed E-state index contributed by atoms with van der Waals surface area (Å²) in [6, 6.07) is 9.53. The number of allylic oxidation sites excluding steroid dienone is 2. The fraction of sp³-hybridized carbons (Fsp3) is 0.111. The van der Waals surface area contributed by atoms with Crippen LogP contribution in [0.4, 0.5) is 11.4 Å². The van der Waals surface area contributed by atoms with Crippen LogP contribution >= 0.6 is 0 Å². The van der Waals surface area contributed by atoms with Crippen molar-refractivity contribution in [3.8, 4) is 0 Å². The Bertz CT molecular complexity index is 1370. The Morgan fingerprint density at radius 1 is 0.970 bits per heavy atom. The van der Waals surface area contributed by atoms with Gasteiger partial charge in [0.15, 0.2) is 0 Å². The van der Waals surface area contributed by atoms with Gasteiger partial charge in [0.25, 0.3) is 0 Å². The summed E-state index contributed by atoms with van der Waals surface area (Å²) in [5, 5.41) is 9.67. The maximum atomic E-state index is 13.1. The number of carbonyl (C=O) groups is 2. The number of azo groups is 1. The third kappa shape index (κ3) is 7.11. The second kappa shape index (κ2) is 11.4. The summed E-state index contributed by atoms with van der Waals surface area (Å²) < 4.78 is 69.8. The number of nitrogens with one attached hydrogen (secondary N) is 1. The molecule has 1 aliphatic rings. The molecule has 33 heavy (non-hydrogen) atoms. The Balaban J connectivity index is 0.00000272. The van der Waals surface area contributed by atoms with E-state index in [0.717, 1.165) is 19.1 Å². The molecule has 1 aliphatic carbocycles. The molecule has 0 aromatic heterocycles. The van der Waals surface area contributed by atoms with Crippen LogP contribution in [0.1, 0.15) is 22.8 Å². The third-order valence-corrected chi connectivity index (χ3v) is 5.93. The zero-order valence-electron chi connectivity index (χ0n) is 17.7. The Labute approximate surface area is 233 Å². The first kappa shape index (κ1) is 29.8. The number of hydrogen-bond donors (Lipinski definition) is 1. The minimum atomic E-state index is -5.20. The van der Waals surface area contributed by atoms with Crippen LogP contribution in [0.2, 0.25) is 0 Å². The molecule has 15 heteroatoms. The molecule has 162 valence electrons. The quantitative estimate of drug-likeness (QED) is 0.239. The van der Waals surface area contributed by atoms with Gasteiger partial charge in [-0.05, 0) is 29.8 Å². The van der Waals surface area contributed by atoms with Crippen molar-refractivity contribution in [3.63, 3.8) is 0 Å². The zero-order chi connectivity index (χ0) is 23.0. The minimum absolute atomic E-state index is 0. The number of anilines is 1. The Kier molecular flexibility index (Phi) is 10.3.